The molecule has 126 valence electrons. The second-order valence-electron chi connectivity index (χ2n) is 5.46. The number of hydrogen-bond donors (Lipinski definition) is 1. The number of rotatable bonds is 5. The van der Waals surface area contributed by atoms with E-state index in [0.717, 1.165) is 39.1 Å². The molecule has 25 heavy (non-hydrogen) atoms. The number of ether oxygens (including phenoxy) is 1. The second-order valence-corrected chi connectivity index (χ2v) is 6.42. The number of H-pyrrole nitrogens is 1. The van der Waals surface area contributed by atoms with Crippen molar-refractivity contribution in [2.24, 2.45) is 0 Å². The lowest BCUT2D eigenvalue weighted by molar-refractivity contribution is 0.415. The van der Waals surface area contributed by atoms with E-state index in [-0.39, 0.29) is 0 Å². The predicted octanol–water partition coefficient (Wildman–Crippen LogP) is 4.22. The maximum absolute atomic E-state index is 5.81. The average molecular weight is 352 g/mol. The summed E-state index contributed by atoms with van der Waals surface area (Å²) in [4.78, 5) is 16.6. The highest BCUT2D eigenvalue weighted by molar-refractivity contribution is 7.98. The molecule has 1 N–H and O–H groups in total. The van der Waals surface area contributed by atoms with Crippen molar-refractivity contribution >= 4 is 22.9 Å². The number of hydrogen-bond acceptors (Lipinski definition) is 6. The van der Waals surface area contributed by atoms with Gasteiger partial charge < -0.3 is 14.1 Å². The third-order valence-electron chi connectivity index (χ3n) is 3.81. The number of thioether (sulfide) groups is 1. The maximum Gasteiger partial charge on any atom is 0.226 e. The lowest BCUT2D eigenvalue weighted by Crippen LogP contribution is -1.86. The summed E-state index contributed by atoms with van der Waals surface area (Å²) in [7, 11) is 1.65. The Hall–Kier alpha value is -2.80. The lowest BCUT2D eigenvalue weighted by Gasteiger charge is -1.99. The van der Waals surface area contributed by atoms with Crippen molar-refractivity contribution in [2.75, 3.05) is 7.11 Å². The maximum atomic E-state index is 5.81. The van der Waals surface area contributed by atoms with Gasteiger partial charge in [0, 0.05) is 17.5 Å². The zero-order valence-electron chi connectivity index (χ0n) is 13.8. The Morgan fingerprint density at radius 3 is 2.76 bits per heavy atom. The average Bonchev–Trinajstić information content (AvgIpc) is 3.23. The molecule has 0 atom stereocenters. The van der Waals surface area contributed by atoms with Crippen molar-refractivity contribution in [3.63, 3.8) is 0 Å². The minimum atomic E-state index is 0.613. The molecule has 0 bridgehead atoms. The lowest BCUT2D eigenvalue weighted by atomic mass is 10.2. The quantitative estimate of drug-likeness (QED) is 0.542. The zero-order chi connectivity index (χ0) is 17.2. The summed E-state index contributed by atoms with van der Waals surface area (Å²) >= 11 is 1.58. The van der Waals surface area contributed by atoms with Gasteiger partial charge in [-0.2, -0.15) is 0 Å². The van der Waals surface area contributed by atoms with Crippen molar-refractivity contribution in [3.8, 4) is 17.2 Å². The Morgan fingerprint density at radius 1 is 1.16 bits per heavy atom. The molecule has 0 fully saturated rings. The molecule has 0 spiro atoms. The summed E-state index contributed by atoms with van der Waals surface area (Å²) < 4.78 is 11.0. The SMILES string of the molecule is COc1ccc(-c2nc(CSc3nc4ncccc4[nH]3)c(C)o2)cc1. The van der Waals surface area contributed by atoms with Crippen LogP contribution in [0.3, 0.4) is 0 Å². The fourth-order valence-electron chi connectivity index (χ4n) is 2.45. The van der Waals surface area contributed by atoms with Gasteiger partial charge in [0.15, 0.2) is 10.8 Å². The molecule has 6 nitrogen and oxygen atoms in total. The number of imidazole rings is 1. The molecule has 7 heteroatoms. The summed E-state index contributed by atoms with van der Waals surface area (Å²) in [5.41, 5.74) is 3.49. The first-order valence-corrected chi connectivity index (χ1v) is 8.76. The standard InChI is InChI=1S/C18H16N4O2S/c1-11-15(10-25-18-21-14-4-3-9-19-16(14)22-18)20-17(24-11)12-5-7-13(23-2)8-6-12/h3-9H,10H2,1-2H3,(H,19,21,22). The number of benzene rings is 1. The normalized spacial score (nSPS) is 11.1. The van der Waals surface area contributed by atoms with Crippen molar-refractivity contribution in [1.82, 2.24) is 19.9 Å². The van der Waals surface area contributed by atoms with Crippen LogP contribution in [0.4, 0.5) is 0 Å². The molecule has 4 aromatic rings. The van der Waals surface area contributed by atoms with Crippen molar-refractivity contribution in [3.05, 3.63) is 54.0 Å². The molecular weight excluding hydrogens is 336 g/mol. The van der Waals surface area contributed by atoms with E-state index in [4.69, 9.17) is 9.15 Å². The number of oxazole rings is 1. The zero-order valence-corrected chi connectivity index (χ0v) is 14.6. The van der Waals surface area contributed by atoms with Crippen molar-refractivity contribution in [1.29, 1.82) is 0 Å². The van der Waals surface area contributed by atoms with E-state index in [1.54, 1.807) is 25.1 Å². The van der Waals surface area contributed by atoms with E-state index >= 15 is 0 Å². The van der Waals surface area contributed by atoms with Crippen LogP contribution in [-0.4, -0.2) is 27.0 Å². The van der Waals surface area contributed by atoms with Crippen molar-refractivity contribution in [2.45, 2.75) is 17.8 Å². The first kappa shape index (κ1) is 15.7. The number of fused-ring (bicyclic) bond motifs is 1. The molecule has 3 aromatic heterocycles. The number of aromatic amines is 1. The third-order valence-corrected chi connectivity index (χ3v) is 4.70. The van der Waals surface area contributed by atoms with Gasteiger partial charge in [0.2, 0.25) is 5.89 Å². The number of nitrogens with one attached hydrogen (secondary N) is 1. The minimum Gasteiger partial charge on any atom is -0.497 e. The highest BCUT2D eigenvalue weighted by atomic mass is 32.2. The molecule has 0 aliphatic rings. The van der Waals surface area contributed by atoms with Crippen LogP contribution in [0.1, 0.15) is 11.5 Å². The van der Waals surface area contributed by atoms with Crippen LogP contribution in [0.5, 0.6) is 5.75 Å². The van der Waals surface area contributed by atoms with E-state index in [9.17, 15) is 0 Å². The molecule has 1 aromatic carbocycles. The van der Waals surface area contributed by atoms with Gasteiger partial charge in [0.1, 0.15) is 11.5 Å². The summed E-state index contributed by atoms with van der Waals surface area (Å²) in [6.45, 7) is 1.93. The van der Waals surface area contributed by atoms with Gasteiger partial charge in [0.25, 0.3) is 0 Å². The monoisotopic (exact) mass is 352 g/mol. The highest BCUT2D eigenvalue weighted by Gasteiger charge is 2.13. The van der Waals surface area contributed by atoms with E-state index < -0.39 is 0 Å². The molecule has 0 saturated carbocycles. The van der Waals surface area contributed by atoms with Crippen LogP contribution >= 0.6 is 11.8 Å². The largest absolute Gasteiger partial charge is 0.497 e. The van der Waals surface area contributed by atoms with Gasteiger partial charge in [-0.05, 0) is 43.3 Å². The van der Waals surface area contributed by atoms with Gasteiger partial charge in [-0.3, -0.25) is 0 Å². The molecule has 0 amide bonds. The smallest absolute Gasteiger partial charge is 0.226 e. The van der Waals surface area contributed by atoms with Crippen LogP contribution in [0.15, 0.2) is 52.2 Å². The first-order chi connectivity index (χ1) is 12.2. The van der Waals surface area contributed by atoms with E-state index in [1.807, 2.05) is 43.3 Å². The van der Waals surface area contributed by atoms with Gasteiger partial charge >= 0.3 is 0 Å². The van der Waals surface area contributed by atoms with Crippen LogP contribution in [-0.2, 0) is 5.75 Å². The molecule has 4 rings (SSSR count). The molecule has 0 saturated heterocycles. The minimum absolute atomic E-state index is 0.613. The number of aromatic nitrogens is 4. The van der Waals surface area contributed by atoms with E-state index in [2.05, 4.69) is 19.9 Å². The third kappa shape index (κ3) is 3.23. The van der Waals surface area contributed by atoms with Crippen LogP contribution in [0.25, 0.3) is 22.6 Å². The molecule has 3 heterocycles. The summed E-state index contributed by atoms with van der Waals surface area (Å²) in [5, 5.41) is 0.821. The second kappa shape index (κ2) is 6.60. The van der Waals surface area contributed by atoms with Crippen LogP contribution in [0.2, 0.25) is 0 Å². The summed E-state index contributed by atoms with van der Waals surface area (Å²) in [6, 6.07) is 11.5. The summed E-state index contributed by atoms with van der Waals surface area (Å²) in [5.74, 6) is 2.90. The number of aryl methyl sites for hydroxylation is 1. The number of methoxy groups -OCH3 is 1. The van der Waals surface area contributed by atoms with Crippen molar-refractivity contribution < 1.29 is 9.15 Å². The number of nitrogens with zero attached hydrogens (tertiary/aromatic N) is 3. The Kier molecular flexibility index (Phi) is 4.15. The topological polar surface area (TPSA) is 76.8 Å². The van der Waals surface area contributed by atoms with Crippen LogP contribution in [0, 0.1) is 6.92 Å². The molecule has 0 aliphatic heterocycles. The fourth-order valence-corrected chi connectivity index (χ4v) is 3.32. The van der Waals surface area contributed by atoms with Gasteiger partial charge in [-0.1, -0.05) is 11.8 Å². The van der Waals surface area contributed by atoms with Crippen LogP contribution < -0.4 is 4.74 Å². The molecular formula is C18H16N4O2S. The van der Waals surface area contributed by atoms with Gasteiger partial charge in [0.05, 0.1) is 18.3 Å². The Labute approximate surface area is 148 Å². The number of pyridine rings is 1. The fraction of sp³-hybridized carbons (Fsp3) is 0.167. The Bertz CT molecular complexity index is 975. The highest BCUT2D eigenvalue weighted by Crippen LogP contribution is 2.28. The summed E-state index contributed by atoms with van der Waals surface area (Å²) in [6.07, 6.45) is 1.74. The molecule has 0 aliphatic carbocycles. The van der Waals surface area contributed by atoms with E-state index in [1.165, 1.54) is 0 Å². The first-order valence-electron chi connectivity index (χ1n) is 7.77. The van der Waals surface area contributed by atoms with Gasteiger partial charge in [-0.15, -0.1) is 0 Å². The van der Waals surface area contributed by atoms with Gasteiger partial charge in [-0.25, -0.2) is 15.0 Å². The molecule has 0 unspecified atom stereocenters. The predicted molar refractivity (Wildman–Crippen MR) is 96.7 cm³/mol. The Morgan fingerprint density at radius 2 is 2.00 bits per heavy atom. The molecule has 0 radical (unpaired) electrons. The Balaban J connectivity index is 1.51. The van der Waals surface area contributed by atoms with E-state index in [0.29, 0.717) is 11.6 Å².